The van der Waals surface area contributed by atoms with E-state index < -0.39 is 5.51 Å². The van der Waals surface area contributed by atoms with Crippen molar-refractivity contribution in [3.05, 3.63) is 23.8 Å². The molecule has 23 heavy (non-hydrogen) atoms. The van der Waals surface area contributed by atoms with Crippen LogP contribution in [0.4, 0.5) is 13.2 Å². The van der Waals surface area contributed by atoms with Gasteiger partial charge < -0.3 is 10.5 Å². The topological polar surface area (TPSA) is 38.5 Å². The van der Waals surface area contributed by atoms with Gasteiger partial charge in [-0.2, -0.15) is 13.2 Å². The molecule has 2 N–H and O–H groups in total. The Bertz CT molecular complexity index is 530. The molecule has 0 saturated carbocycles. The van der Waals surface area contributed by atoms with Crippen LogP contribution >= 0.6 is 24.2 Å². The molecule has 1 aliphatic rings. The smallest absolute Gasteiger partial charge is 0.446 e. The molecule has 1 unspecified atom stereocenters. The molecule has 1 aromatic rings. The summed E-state index contributed by atoms with van der Waals surface area (Å²) in [6.07, 6.45) is 1.02. The molecule has 0 bridgehead atoms. The van der Waals surface area contributed by atoms with Crippen molar-refractivity contribution in [1.82, 2.24) is 4.90 Å². The highest BCUT2D eigenvalue weighted by Crippen LogP contribution is 2.42. The molecule has 0 radical (unpaired) electrons. The van der Waals surface area contributed by atoms with Crippen molar-refractivity contribution in [3.63, 3.8) is 0 Å². The number of nitrogens with two attached hydrogens (primary N) is 1. The predicted molar refractivity (Wildman–Crippen MR) is 89.2 cm³/mol. The summed E-state index contributed by atoms with van der Waals surface area (Å²) in [6.45, 7) is 5.19. The molecule has 1 heterocycles. The molecule has 8 heteroatoms. The summed E-state index contributed by atoms with van der Waals surface area (Å²) in [6, 6.07) is 4.98. The molecule has 2 rings (SSSR count). The number of likely N-dealkylation sites (tertiary alicyclic amines) is 1. The monoisotopic (exact) mass is 370 g/mol. The van der Waals surface area contributed by atoms with Gasteiger partial charge in [-0.05, 0) is 54.4 Å². The van der Waals surface area contributed by atoms with E-state index in [-0.39, 0.29) is 40.2 Å². The number of alkyl halides is 3. The Balaban J connectivity index is 0.00000264. The van der Waals surface area contributed by atoms with Gasteiger partial charge in [0.25, 0.3) is 0 Å². The average Bonchev–Trinajstić information content (AvgIpc) is 2.80. The third kappa shape index (κ3) is 5.74. The van der Waals surface area contributed by atoms with E-state index in [1.807, 2.05) is 6.07 Å². The fourth-order valence-electron chi connectivity index (χ4n) is 2.71. The SMILES string of the molecule is COc1ccc(CN2CCC(C)(CN)C2)cc1SC(F)(F)F.Cl. The van der Waals surface area contributed by atoms with E-state index >= 15 is 0 Å². The number of nitrogens with zero attached hydrogens (tertiary/aromatic N) is 1. The van der Waals surface area contributed by atoms with Crippen LogP contribution < -0.4 is 10.5 Å². The molecule has 0 spiro atoms. The first-order valence-electron chi connectivity index (χ1n) is 7.10. The summed E-state index contributed by atoms with van der Waals surface area (Å²) >= 11 is -0.135. The lowest BCUT2D eigenvalue weighted by Crippen LogP contribution is -2.31. The largest absolute Gasteiger partial charge is 0.496 e. The number of benzene rings is 1. The first kappa shape index (κ1) is 20.4. The van der Waals surface area contributed by atoms with Crippen molar-refractivity contribution >= 4 is 24.2 Å². The lowest BCUT2D eigenvalue weighted by molar-refractivity contribution is -0.0328. The lowest BCUT2D eigenvalue weighted by Gasteiger charge is -2.23. The number of halogens is 4. The zero-order chi connectivity index (χ0) is 16.4. The van der Waals surface area contributed by atoms with E-state index in [4.69, 9.17) is 10.5 Å². The second kappa shape index (κ2) is 7.96. The van der Waals surface area contributed by atoms with Gasteiger partial charge in [0, 0.05) is 13.1 Å². The highest BCUT2D eigenvalue weighted by atomic mass is 35.5. The van der Waals surface area contributed by atoms with Gasteiger partial charge in [-0.25, -0.2) is 0 Å². The minimum absolute atomic E-state index is 0. The Morgan fingerprint density at radius 2 is 2.09 bits per heavy atom. The van der Waals surface area contributed by atoms with E-state index in [1.165, 1.54) is 7.11 Å². The van der Waals surface area contributed by atoms with Gasteiger partial charge in [-0.15, -0.1) is 12.4 Å². The molecule has 0 aromatic heterocycles. The third-order valence-corrected chi connectivity index (χ3v) is 4.76. The molecule has 3 nitrogen and oxygen atoms in total. The Hall–Kier alpha value is -0.630. The molecule has 1 fully saturated rings. The maximum absolute atomic E-state index is 12.6. The van der Waals surface area contributed by atoms with E-state index in [2.05, 4.69) is 11.8 Å². The number of methoxy groups -OCH3 is 1. The zero-order valence-corrected chi connectivity index (χ0v) is 14.8. The van der Waals surface area contributed by atoms with Gasteiger partial charge in [0.05, 0.1) is 12.0 Å². The number of hydrogen-bond acceptors (Lipinski definition) is 4. The first-order valence-corrected chi connectivity index (χ1v) is 7.91. The minimum Gasteiger partial charge on any atom is -0.496 e. The van der Waals surface area contributed by atoms with Gasteiger partial charge in [-0.1, -0.05) is 13.0 Å². The molecule has 1 aromatic carbocycles. The van der Waals surface area contributed by atoms with Gasteiger partial charge in [0.2, 0.25) is 0 Å². The molecule has 1 saturated heterocycles. The summed E-state index contributed by atoms with van der Waals surface area (Å²) in [5.41, 5.74) is 2.42. The van der Waals surface area contributed by atoms with Crippen LogP contribution in [0.15, 0.2) is 23.1 Å². The van der Waals surface area contributed by atoms with Crippen LogP contribution in [0.3, 0.4) is 0 Å². The predicted octanol–water partition coefficient (Wildman–Crippen LogP) is 3.90. The standard InChI is InChI=1S/C15H21F3N2OS.ClH/c1-14(9-19)5-6-20(10-14)8-11-3-4-12(21-2)13(7-11)22-15(16,17)18;/h3-4,7H,5-6,8-10,19H2,1-2H3;1H. The van der Waals surface area contributed by atoms with E-state index in [0.717, 1.165) is 25.1 Å². The van der Waals surface area contributed by atoms with E-state index in [9.17, 15) is 13.2 Å². The van der Waals surface area contributed by atoms with Crippen LogP contribution in [0, 0.1) is 5.41 Å². The summed E-state index contributed by atoms with van der Waals surface area (Å²) in [5.74, 6) is 0.249. The number of rotatable bonds is 5. The van der Waals surface area contributed by atoms with Crippen LogP contribution in [0.1, 0.15) is 18.9 Å². The molecule has 0 aliphatic carbocycles. The van der Waals surface area contributed by atoms with Crippen molar-refractivity contribution in [2.75, 3.05) is 26.7 Å². The van der Waals surface area contributed by atoms with Gasteiger partial charge in [-0.3, -0.25) is 4.90 Å². The summed E-state index contributed by atoms with van der Waals surface area (Å²) in [7, 11) is 1.38. The van der Waals surface area contributed by atoms with E-state index in [0.29, 0.717) is 13.1 Å². The van der Waals surface area contributed by atoms with Crippen LogP contribution in [0.5, 0.6) is 5.75 Å². The Morgan fingerprint density at radius 3 is 2.61 bits per heavy atom. The van der Waals surface area contributed by atoms with Crippen LogP contribution in [0.25, 0.3) is 0 Å². The minimum atomic E-state index is -4.32. The lowest BCUT2D eigenvalue weighted by atomic mass is 9.90. The normalized spacial score (nSPS) is 22.0. The molecule has 1 atom stereocenters. The van der Waals surface area contributed by atoms with Crippen LogP contribution in [0.2, 0.25) is 0 Å². The highest BCUT2D eigenvalue weighted by molar-refractivity contribution is 8.00. The molecule has 1 aliphatic heterocycles. The third-order valence-electron chi connectivity index (χ3n) is 3.99. The van der Waals surface area contributed by atoms with Crippen LogP contribution in [-0.2, 0) is 6.54 Å². The van der Waals surface area contributed by atoms with Crippen LogP contribution in [-0.4, -0.2) is 37.2 Å². The van der Waals surface area contributed by atoms with Gasteiger partial charge in [0.15, 0.2) is 0 Å². The van der Waals surface area contributed by atoms with Gasteiger partial charge in [0.1, 0.15) is 5.75 Å². The van der Waals surface area contributed by atoms with Crippen molar-refractivity contribution in [2.24, 2.45) is 11.1 Å². The second-order valence-electron chi connectivity index (χ2n) is 6.01. The summed E-state index contributed by atoms with van der Waals surface area (Å²) < 4.78 is 42.9. The molecular formula is C15H22ClF3N2OS. The Morgan fingerprint density at radius 1 is 1.39 bits per heavy atom. The number of ether oxygens (including phenoxy) is 1. The first-order chi connectivity index (χ1) is 10.2. The Kier molecular flexibility index (Phi) is 7.07. The zero-order valence-electron chi connectivity index (χ0n) is 13.2. The maximum Gasteiger partial charge on any atom is 0.446 e. The average molecular weight is 371 g/mol. The Labute approximate surface area is 145 Å². The van der Waals surface area contributed by atoms with Crippen molar-refractivity contribution < 1.29 is 17.9 Å². The maximum atomic E-state index is 12.6. The fraction of sp³-hybridized carbons (Fsp3) is 0.600. The van der Waals surface area contributed by atoms with E-state index in [1.54, 1.807) is 12.1 Å². The van der Waals surface area contributed by atoms with Crippen molar-refractivity contribution in [2.45, 2.75) is 30.3 Å². The molecule has 132 valence electrons. The molecular weight excluding hydrogens is 349 g/mol. The second-order valence-corrected chi connectivity index (χ2v) is 7.12. The highest BCUT2D eigenvalue weighted by Gasteiger charge is 2.33. The van der Waals surface area contributed by atoms with Crippen molar-refractivity contribution in [3.8, 4) is 5.75 Å². The summed E-state index contributed by atoms with van der Waals surface area (Å²) in [5, 5.41) is 0. The quantitative estimate of drug-likeness (QED) is 0.798. The molecule has 0 amide bonds. The van der Waals surface area contributed by atoms with Crippen molar-refractivity contribution in [1.29, 1.82) is 0 Å². The number of thioether (sulfide) groups is 1. The number of hydrogen-bond donors (Lipinski definition) is 1. The summed E-state index contributed by atoms with van der Waals surface area (Å²) in [4.78, 5) is 2.34. The van der Waals surface area contributed by atoms with Gasteiger partial charge >= 0.3 is 5.51 Å². The fourth-order valence-corrected chi connectivity index (χ4v) is 3.42.